The Labute approximate surface area is 129 Å². The normalized spacial score (nSPS) is 17.9. The van der Waals surface area contributed by atoms with Crippen LogP contribution in [0.2, 0.25) is 0 Å². The van der Waals surface area contributed by atoms with E-state index in [9.17, 15) is 0 Å². The smallest absolute Gasteiger partial charge is 0.133 e. The van der Waals surface area contributed by atoms with E-state index in [4.69, 9.17) is 9.47 Å². The van der Waals surface area contributed by atoms with E-state index in [1.165, 1.54) is 5.56 Å². The second-order valence-corrected chi connectivity index (χ2v) is 6.02. The molecule has 1 N–H and O–H groups in total. The molecule has 0 saturated carbocycles. The lowest BCUT2D eigenvalue weighted by Gasteiger charge is -2.29. The van der Waals surface area contributed by atoms with Crippen LogP contribution in [-0.4, -0.2) is 50.9 Å². The molecule has 1 aliphatic rings. The summed E-state index contributed by atoms with van der Waals surface area (Å²) in [5.41, 5.74) is 1.26. The number of benzene rings is 1. The lowest BCUT2D eigenvalue weighted by atomic mass is 10.2. The Morgan fingerprint density at radius 2 is 2.15 bits per heavy atom. The van der Waals surface area contributed by atoms with Crippen LogP contribution in [0.15, 0.2) is 22.7 Å². The van der Waals surface area contributed by atoms with E-state index < -0.39 is 0 Å². The highest BCUT2D eigenvalue weighted by molar-refractivity contribution is 9.10. The summed E-state index contributed by atoms with van der Waals surface area (Å²) in [5.74, 6) is 0.870. The zero-order valence-corrected chi connectivity index (χ0v) is 13.8. The summed E-state index contributed by atoms with van der Waals surface area (Å²) in [5, 5.41) is 3.57. The summed E-state index contributed by atoms with van der Waals surface area (Å²) >= 11 is 3.52. The molecule has 1 atom stereocenters. The van der Waals surface area contributed by atoms with Gasteiger partial charge >= 0.3 is 0 Å². The zero-order valence-electron chi connectivity index (χ0n) is 12.2. The molecule has 1 heterocycles. The summed E-state index contributed by atoms with van der Waals surface area (Å²) in [6.45, 7) is 7.97. The molecular formula is C15H23BrN2O2. The molecular weight excluding hydrogens is 320 g/mol. The SMILES string of the molecule is COc1ccc(CNC(C)CN2CCOCC2)cc1Br. The topological polar surface area (TPSA) is 33.7 Å². The minimum Gasteiger partial charge on any atom is -0.496 e. The quantitative estimate of drug-likeness (QED) is 0.859. The van der Waals surface area contributed by atoms with Gasteiger partial charge in [0, 0.05) is 32.2 Å². The molecule has 1 aromatic rings. The van der Waals surface area contributed by atoms with Crippen molar-refractivity contribution in [2.24, 2.45) is 0 Å². The molecule has 1 aromatic carbocycles. The number of ether oxygens (including phenoxy) is 2. The second-order valence-electron chi connectivity index (χ2n) is 5.16. The van der Waals surface area contributed by atoms with Gasteiger partial charge in [0.15, 0.2) is 0 Å². The van der Waals surface area contributed by atoms with Gasteiger partial charge in [-0.2, -0.15) is 0 Å². The van der Waals surface area contributed by atoms with Crippen LogP contribution in [0.1, 0.15) is 12.5 Å². The molecule has 2 rings (SSSR count). The van der Waals surface area contributed by atoms with E-state index in [0.29, 0.717) is 6.04 Å². The average Bonchev–Trinajstić information content (AvgIpc) is 2.46. The molecule has 0 radical (unpaired) electrons. The van der Waals surface area contributed by atoms with E-state index in [2.05, 4.69) is 45.2 Å². The maximum absolute atomic E-state index is 5.37. The molecule has 0 bridgehead atoms. The lowest BCUT2D eigenvalue weighted by Crippen LogP contribution is -2.44. The molecule has 0 aromatic heterocycles. The highest BCUT2D eigenvalue weighted by atomic mass is 79.9. The summed E-state index contributed by atoms with van der Waals surface area (Å²) in [7, 11) is 1.68. The summed E-state index contributed by atoms with van der Waals surface area (Å²) in [6, 6.07) is 6.66. The van der Waals surface area contributed by atoms with Gasteiger partial charge in [-0.3, -0.25) is 4.90 Å². The highest BCUT2D eigenvalue weighted by Crippen LogP contribution is 2.25. The molecule has 5 heteroatoms. The lowest BCUT2D eigenvalue weighted by molar-refractivity contribution is 0.0343. The van der Waals surface area contributed by atoms with Gasteiger partial charge in [0.1, 0.15) is 5.75 Å². The zero-order chi connectivity index (χ0) is 14.4. The fourth-order valence-corrected chi connectivity index (χ4v) is 2.94. The third-order valence-corrected chi connectivity index (χ3v) is 4.13. The highest BCUT2D eigenvalue weighted by Gasteiger charge is 2.13. The van der Waals surface area contributed by atoms with Crippen molar-refractivity contribution in [2.45, 2.75) is 19.5 Å². The van der Waals surface area contributed by atoms with E-state index >= 15 is 0 Å². The molecule has 0 amide bonds. The van der Waals surface area contributed by atoms with Gasteiger partial charge in [-0.1, -0.05) is 6.07 Å². The molecule has 0 spiro atoms. The van der Waals surface area contributed by atoms with Crippen LogP contribution in [0.3, 0.4) is 0 Å². The molecule has 1 fully saturated rings. The number of halogens is 1. The monoisotopic (exact) mass is 342 g/mol. The van der Waals surface area contributed by atoms with E-state index in [-0.39, 0.29) is 0 Å². The number of hydrogen-bond acceptors (Lipinski definition) is 4. The predicted molar refractivity (Wildman–Crippen MR) is 84.3 cm³/mol. The molecule has 0 aliphatic carbocycles. The van der Waals surface area contributed by atoms with Gasteiger partial charge in [-0.05, 0) is 40.5 Å². The fraction of sp³-hybridized carbons (Fsp3) is 0.600. The minimum absolute atomic E-state index is 0.467. The standard InChI is InChI=1S/C15H23BrN2O2/c1-12(11-18-5-7-20-8-6-18)17-10-13-3-4-15(19-2)14(16)9-13/h3-4,9,12,17H,5-8,10-11H2,1-2H3. The maximum Gasteiger partial charge on any atom is 0.133 e. The van der Waals surface area contributed by atoms with Gasteiger partial charge < -0.3 is 14.8 Å². The van der Waals surface area contributed by atoms with Crippen LogP contribution in [0.25, 0.3) is 0 Å². The van der Waals surface area contributed by atoms with Crippen molar-refractivity contribution in [2.75, 3.05) is 40.0 Å². The van der Waals surface area contributed by atoms with Gasteiger partial charge in [0.2, 0.25) is 0 Å². The Hall–Kier alpha value is -0.620. The van der Waals surface area contributed by atoms with Crippen molar-refractivity contribution in [1.82, 2.24) is 10.2 Å². The Balaban J connectivity index is 1.77. The van der Waals surface area contributed by atoms with Crippen LogP contribution < -0.4 is 10.1 Å². The molecule has 20 heavy (non-hydrogen) atoms. The van der Waals surface area contributed by atoms with Crippen molar-refractivity contribution in [3.63, 3.8) is 0 Å². The van der Waals surface area contributed by atoms with Crippen LogP contribution in [0, 0.1) is 0 Å². The molecule has 1 unspecified atom stereocenters. The second kappa shape index (κ2) is 7.98. The van der Waals surface area contributed by atoms with Crippen molar-refractivity contribution >= 4 is 15.9 Å². The predicted octanol–water partition coefficient (Wildman–Crippen LogP) is 2.27. The van der Waals surface area contributed by atoms with E-state index in [0.717, 1.165) is 49.6 Å². The van der Waals surface area contributed by atoms with Gasteiger partial charge in [0.05, 0.1) is 24.8 Å². The number of methoxy groups -OCH3 is 1. The van der Waals surface area contributed by atoms with E-state index in [1.807, 2.05) is 6.07 Å². The van der Waals surface area contributed by atoms with Gasteiger partial charge in [0.25, 0.3) is 0 Å². The first-order valence-electron chi connectivity index (χ1n) is 7.05. The Kier molecular flexibility index (Phi) is 6.29. The van der Waals surface area contributed by atoms with Crippen LogP contribution in [0.5, 0.6) is 5.75 Å². The largest absolute Gasteiger partial charge is 0.496 e. The van der Waals surface area contributed by atoms with Crippen LogP contribution >= 0.6 is 15.9 Å². The Bertz CT molecular complexity index is 422. The Morgan fingerprint density at radius 1 is 1.40 bits per heavy atom. The number of nitrogens with zero attached hydrogens (tertiary/aromatic N) is 1. The molecule has 1 saturated heterocycles. The first kappa shape index (κ1) is 15.8. The Morgan fingerprint density at radius 3 is 2.80 bits per heavy atom. The summed E-state index contributed by atoms with van der Waals surface area (Å²) < 4.78 is 11.6. The third-order valence-electron chi connectivity index (χ3n) is 3.51. The number of nitrogens with one attached hydrogen (secondary N) is 1. The number of rotatable bonds is 6. The fourth-order valence-electron chi connectivity index (χ4n) is 2.35. The molecule has 1 aliphatic heterocycles. The summed E-state index contributed by atoms with van der Waals surface area (Å²) in [6.07, 6.45) is 0. The minimum atomic E-state index is 0.467. The van der Waals surface area contributed by atoms with E-state index in [1.54, 1.807) is 7.11 Å². The van der Waals surface area contributed by atoms with Crippen LogP contribution in [-0.2, 0) is 11.3 Å². The van der Waals surface area contributed by atoms with Gasteiger partial charge in [-0.25, -0.2) is 0 Å². The average molecular weight is 343 g/mol. The molecule has 4 nitrogen and oxygen atoms in total. The van der Waals surface area contributed by atoms with Crippen LogP contribution in [0.4, 0.5) is 0 Å². The van der Waals surface area contributed by atoms with Gasteiger partial charge in [-0.15, -0.1) is 0 Å². The van der Waals surface area contributed by atoms with Crippen molar-refractivity contribution < 1.29 is 9.47 Å². The van der Waals surface area contributed by atoms with Crippen molar-refractivity contribution in [3.8, 4) is 5.75 Å². The third kappa shape index (κ3) is 4.74. The summed E-state index contributed by atoms with van der Waals surface area (Å²) in [4.78, 5) is 2.45. The first-order valence-corrected chi connectivity index (χ1v) is 7.84. The number of hydrogen-bond donors (Lipinski definition) is 1. The van der Waals surface area contributed by atoms with Crippen molar-refractivity contribution in [1.29, 1.82) is 0 Å². The maximum atomic E-state index is 5.37. The first-order chi connectivity index (χ1) is 9.69. The molecule has 112 valence electrons. The van der Waals surface area contributed by atoms with Crippen molar-refractivity contribution in [3.05, 3.63) is 28.2 Å². The number of morpholine rings is 1.